The fourth-order valence-electron chi connectivity index (χ4n) is 1.52. The highest BCUT2D eigenvalue weighted by Gasteiger charge is 2.03. The lowest BCUT2D eigenvalue weighted by Crippen LogP contribution is -2.14. The van der Waals surface area contributed by atoms with Crippen molar-refractivity contribution in [2.45, 2.75) is 6.54 Å². The molecule has 2 N–H and O–H groups in total. The van der Waals surface area contributed by atoms with E-state index in [0.717, 1.165) is 15.7 Å². The fraction of sp³-hybridized carbons (Fsp3) is 0.167. The molecule has 0 aliphatic heterocycles. The summed E-state index contributed by atoms with van der Waals surface area (Å²) in [6.07, 6.45) is 0. The Bertz CT molecular complexity index is 563. The highest BCUT2D eigenvalue weighted by atomic mass is 79.9. The molecule has 0 amide bonds. The molecule has 0 bridgehead atoms. The average molecular weight is 294 g/mol. The predicted molar refractivity (Wildman–Crippen MR) is 70.8 cm³/mol. The number of benzene rings is 1. The number of nitrogens with zero attached hydrogens (tertiary/aromatic N) is 1. The van der Waals surface area contributed by atoms with Gasteiger partial charge in [-0.3, -0.25) is 4.79 Å². The molecule has 88 valence electrons. The van der Waals surface area contributed by atoms with Gasteiger partial charge in [-0.15, -0.1) is 0 Å². The van der Waals surface area contributed by atoms with Gasteiger partial charge < -0.3 is 10.3 Å². The molecule has 4 nitrogen and oxygen atoms in total. The van der Waals surface area contributed by atoms with E-state index < -0.39 is 0 Å². The van der Waals surface area contributed by atoms with Crippen molar-refractivity contribution >= 4 is 15.9 Å². The summed E-state index contributed by atoms with van der Waals surface area (Å²) >= 11 is 3.37. The third-order valence-corrected chi connectivity index (χ3v) is 2.80. The van der Waals surface area contributed by atoms with E-state index in [0.29, 0.717) is 12.4 Å². The summed E-state index contributed by atoms with van der Waals surface area (Å²) < 4.78 is 0.995. The molecule has 0 fully saturated rings. The molecule has 0 saturated heterocycles. The number of rotatable bonds is 3. The smallest absolute Gasteiger partial charge is 0.251 e. The zero-order valence-electron chi connectivity index (χ0n) is 9.33. The SMILES string of the molecule is CNCc1cc(=O)[nH]c(-c2ccc(Br)cc2)n1. The van der Waals surface area contributed by atoms with Gasteiger partial charge in [0.25, 0.3) is 5.56 Å². The molecule has 0 saturated carbocycles. The summed E-state index contributed by atoms with van der Waals surface area (Å²) in [5.74, 6) is 0.593. The number of hydrogen-bond acceptors (Lipinski definition) is 3. The predicted octanol–water partition coefficient (Wildman–Crippen LogP) is 1.92. The van der Waals surface area contributed by atoms with Crippen molar-refractivity contribution in [1.82, 2.24) is 15.3 Å². The van der Waals surface area contributed by atoms with Crippen LogP contribution in [0.1, 0.15) is 5.69 Å². The van der Waals surface area contributed by atoms with E-state index in [1.165, 1.54) is 6.07 Å². The van der Waals surface area contributed by atoms with E-state index in [2.05, 4.69) is 31.2 Å². The average Bonchev–Trinajstić information content (AvgIpc) is 2.29. The zero-order valence-corrected chi connectivity index (χ0v) is 10.9. The van der Waals surface area contributed by atoms with Crippen LogP contribution in [0.15, 0.2) is 39.6 Å². The van der Waals surface area contributed by atoms with Crippen molar-refractivity contribution in [3.8, 4) is 11.4 Å². The molecule has 17 heavy (non-hydrogen) atoms. The maximum Gasteiger partial charge on any atom is 0.251 e. The summed E-state index contributed by atoms with van der Waals surface area (Å²) in [7, 11) is 1.82. The van der Waals surface area contributed by atoms with Crippen LogP contribution >= 0.6 is 15.9 Å². The Hall–Kier alpha value is -1.46. The van der Waals surface area contributed by atoms with E-state index in [-0.39, 0.29) is 5.56 Å². The van der Waals surface area contributed by atoms with Crippen LogP contribution in [0.5, 0.6) is 0 Å². The first-order chi connectivity index (χ1) is 8.19. The third kappa shape index (κ3) is 3.01. The van der Waals surface area contributed by atoms with Crippen LogP contribution in [0, 0.1) is 0 Å². The number of nitrogens with one attached hydrogen (secondary N) is 2. The van der Waals surface area contributed by atoms with Crippen molar-refractivity contribution in [3.05, 3.63) is 50.9 Å². The van der Waals surface area contributed by atoms with Crippen molar-refractivity contribution in [1.29, 1.82) is 0 Å². The van der Waals surface area contributed by atoms with Crippen LogP contribution in [0.25, 0.3) is 11.4 Å². The number of halogens is 1. The van der Waals surface area contributed by atoms with Crippen molar-refractivity contribution in [2.24, 2.45) is 0 Å². The van der Waals surface area contributed by atoms with E-state index in [4.69, 9.17) is 0 Å². The summed E-state index contributed by atoms with van der Waals surface area (Å²) in [6, 6.07) is 9.15. The van der Waals surface area contributed by atoms with E-state index in [9.17, 15) is 4.79 Å². The largest absolute Gasteiger partial charge is 0.314 e. The van der Waals surface area contributed by atoms with Crippen LogP contribution in [-0.2, 0) is 6.54 Å². The van der Waals surface area contributed by atoms with Gasteiger partial charge in [0.2, 0.25) is 0 Å². The van der Waals surface area contributed by atoms with Gasteiger partial charge >= 0.3 is 0 Å². The molecule has 2 aromatic rings. The normalized spacial score (nSPS) is 10.5. The second-order valence-electron chi connectivity index (χ2n) is 3.62. The van der Waals surface area contributed by atoms with Gasteiger partial charge in [0.1, 0.15) is 5.82 Å². The van der Waals surface area contributed by atoms with Crippen LogP contribution < -0.4 is 10.9 Å². The molecule has 0 spiro atoms. The summed E-state index contributed by atoms with van der Waals surface area (Å²) in [5, 5.41) is 2.98. The Morgan fingerprint density at radius 3 is 2.71 bits per heavy atom. The van der Waals surface area contributed by atoms with E-state index in [1.807, 2.05) is 31.3 Å². The van der Waals surface area contributed by atoms with Gasteiger partial charge in [-0.2, -0.15) is 0 Å². The molecule has 1 aromatic carbocycles. The Morgan fingerprint density at radius 1 is 1.35 bits per heavy atom. The maximum atomic E-state index is 11.5. The zero-order chi connectivity index (χ0) is 12.3. The molecule has 0 unspecified atom stereocenters. The van der Waals surface area contributed by atoms with Gasteiger partial charge in [-0.05, 0) is 19.2 Å². The third-order valence-electron chi connectivity index (χ3n) is 2.27. The standard InChI is InChI=1S/C12H12BrN3O/c1-14-7-10-6-11(17)16-12(15-10)8-2-4-9(13)5-3-8/h2-6,14H,7H2,1H3,(H,15,16,17). The Kier molecular flexibility index (Phi) is 3.71. The molecule has 0 radical (unpaired) electrons. The lowest BCUT2D eigenvalue weighted by atomic mass is 10.2. The number of aromatic nitrogens is 2. The maximum absolute atomic E-state index is 11.5. The summed E-state index contributed by atoms with van der Waals surface area (Å²) in [5.41, 5.74) is 1.49. The second-order valence-corrected chi connectivity index (χ2v) is 4.54. The van der Waals surface area contributed by atoms with Crippen LogP contribution in [0.2, 0.25) is 0 Å². The van der Waals surface area contributed by atoms with Crippen LogP contribution in [-0.4, -0.2) is 17.0 Å². The van der Waals surface area contributed by atoms with Gasteiger partial charge in [0, 0.05) is 22.6 Å². The molecule has 5 heteroatoms. The highest BCUT2D eigenvalue weighted by Crippen LogP contribution is 2.17. The minimum Gasteiger partial charge on any atom is -0.314 e. The van der Waals surface area contributed by atoms with Gasteiger partial charge in [0.05, 0.1) is 5.69 Å². The Morgan fingerprint density at radius 2 is 2.06 bits per heavy atom. The minimum absolute atomic E-state index is 0.136. The van der Waals surface area contributed by atoms with Gasteiger partial charge in [-0.1, -0.05) is 28.1 Å². The number of H-pyrrole nitrogens is 1. The second kappa shape index (κ2) is 5.25. The molecule has 0 aliphatic rings. The van der Waals surface area contributed by atoms with Crippen molar-refractivity contribution in [2.75, 3.05) is 7.05 Å². The Labute approximate surface area is 107 Å². The first-order valence-corrected chi connectivity index (χ1v) is 5.99. The first kappa shape index (κ1) is 12.0. The molecule has 1 heterocycles. The Balaban J connectivity index is 2.44. The van der Waals surface area contributed by atoms with Crippen LogP contribution in [0.3, 0.4) is 0 Å². The quantitative estimate of drug-likeness (QED) is 0.909. The molecular weight excluding hydrogens is 282 g/mol. The van der Waals surface area contributed by atoms with Crippen molar-refractivity contribution < 1.29 is 0 Å². The van der Waals surface area contributed by atoms with E-state index >= 15 is 0 Å². The fourth-order valence-corrected chi connectivity index (χ4v) is 1.79. The monoisotopic (exact) mass is 293 g/mol. The topological polar surface area (TPSA) is 57.8 Å². The lowest BCUT2D eigenvalue weighted by Gasteiger charge is -2.04. The molecule has 2 rings (SSSR count). The molecular formula is C12H12BrN3O. The van der Waals surface area contributed by atoms with E-state index in [1.54, 1.807) is 0 Å². The summed E-state index contributed by atoms with van der Waals surface area (Å²) in [4.78, 5) is 18.6. The van der Waals surface area contributed by atoms with Crippen LogP contribution in [0.4, 0.5) is 0 Å². The minimum atomic E-state index is -0.136. The highest BCUT2D eigenvalue weighted by molar-refractivity contribution is 9.10. The molecule has 1 aromatic heterocycles. The van der Waals surface area contributed by atoms with Gasteiger partial charge in [0.15, 0.2) is 0 Å². The van der Waals surface area contributed by atoms with Gasteiger partial charge in [-0.25, -0.2) is 4.98 Å². The number of aromatic amines is 1. The summed E-state index contributed by atoms with van der Waals surface area (Å²) in [6.45, 7) is 0.577. The number of hydrogen-bond donors (Lipinski definition) is 2. The molecule has 0 aliphatic carbocycles. The first-order valence-electron chi connectivity index (χ1n) is 5.20. The lowest BCUT2D eigenvalue weighted by molar-refractivity contribution is 0.785. The van der Waals surface area contributed by atoms with Crippen molar-refractivity contribution in [3.63, 3.8) is 0 Å². The molecule has 0 atom stereocenters.